The van der Waals surface area contributed by atoms with Crippen molar-refractivity contribution in [2.45, 2.75) is 0 Å². The van der Waals surface area contributed by atoms with Gasteiger partial charge in [0, 0.05) is 39.4 Å². The van der Waals surface area contributed by atoms with Gasteiger partial charge in [-0.1, -0.05) is 0 Å². The van der Waals surface area contributed by atoms with Gasteiger partial charge in [-0.05, 0) is 6.07 Å². The van der Waals surface area contributed by atoms with E-state index in [0.717, 1.165) is 19.2 Å². The van der Waals surface area contributed by atoms with Gasteiger partial charge < -0.3 is 24.6 Å². The fourth-order valence-corrected chi connectivity index (χ4v) is 3.12. The number of halogens is 1. The van der Waals surface area contributed by atoms with Crippen molar-refractivity contribution in [1.29, 1.82) is 0 Å². The number of methoxy groups -OCH3 is 1. The van der Waals surface area contributed by atoms with E-state index in [2.05, 4.69) is 5.32 Å². The van der Waals surface area contributed by atoms with Crippen molar-refractivity contribution in [3.05, 3.63) is 33.9 Å². The van der Waals surface area contributed by atoms with E-state index >= 15 is 0 Å². The first-order valence-corrected chi connectivity index (χ1v) is 7.54. The highest BCUT2D eigenvalue weighted by molar-refractivity contribution is 5.96. The number of fused-ring (bicyclic) bond motifs is 1. The number of piperazine rings is 1. The van der Waals surface area contributed by atoms with Gasteiger partial charge in [-0.2, -0.15) is 0 Å². The van der Waals surface area contributed by atoms with E-state index in [0.29, 0.717) is 24.3 Å². The maximum atomic E-state index is 14.8. The molecule has 0 unspecified atom stereocenters. The molecule has 0 spiro atoms. The lowest BCUT2D eigenvalue weighted by atomic mass is 10.1. The summed E-state index contributed by atoms with van der Waals surface area (Å²) < 4.78 is 21.7. The molecule has 2 N–H and O–H groups in total. The second-order valence-corrected chi connectivity index (χ2v) is 5.66. The predicted molar refractivity (Wildman–Crippen MR) is 87.7 cm³/mol. The zero-order chi connectivity index (χ0) is 17.4. The van der Waals surface area contributed by atoms with Crippen LogP contribution in [0.5, 0.6) is 5.75 Å². The third-order valence-corrected chi connectivity index (χ3v) is 4.22. The second kappa shape index (κ2) is 6.12. The van der Waals surface area contributed by atoms with Crippen molar-refractivity contribution in [3.63, 3.8) is 0 Å². The lowest BCUT2D eigenvalue weighted by Crippen LogP contribution is -2.44. The molecule has 0 atom stereocenters. The van der Waals surface area contributed by atoms with E-state index < -0.39 is 22.8 Å². The standard InChI is InChI=1S/C16H18FN3O4/c1-19-8-10(16(22)23)14(21)9-7-11(17)13(15(24-2)12(9)19)20-5-3-18-4-6-20/h7-8,18H,3-6H2,1-2H3,(H,22,23). The van der Waals surface area contributed by atoms with Crippen LogP contribution in [0.15, 0.2) is 17.1 Å². The van der Waals surface area contributed by atoms with Crippen molar-refractivity contribution in [1.82, 2.24) is 9.88 Å². The molecule has 1 saturated heterocycles. The minimum absolute atomic E-state index is 0.00867. The molecule has 1 fully saturated rings. The van der Waals surface area contributed by atoms with E-state index in [1.165, 1.54) is 17.9 Å². The molecule has 3 rings (SSSR count). The number of nitrogens with zero attached hydrogens (tertiary/aromatic N) is 2. The number of ether oxygens (including phenoxy) is 1. The molecule has 0 aliphatic carbocycles. The number of nitrogens with one attached hydrogen (secondary N) is 1. The Bertz CT molecular complexity index is 872. The van der Waals surface area contributed by atoms with Crippen molar-refractivity contribution < 1.29 is 19.0 Å². The van der Waals surface area contributed by atoms with Gasteiger partial charge in [-0.25, -0.2) is 9.18 Å². The third kappa shape index (κ3) is 2.48. The van der Waals surface area contributed by atoms with Crippen molar-refractivity contribution in [3.8, 4) is 5.75 Å². The van der Waals surface area contributed by atoms with Crippen LogP contribution in [0, 0.1) is 5.82 Å². The van der Waals surface area contributed by atoms with Gasteiger partial charge in [-0.3, -0.25) is 4.79 Å². The number of anilines is 1. The summed E-state index contributed by atoms with van der Waals surface area (Å²) >= 11 is 0. The van der Waals surface area contributed by atoms with Gasteiger partial charge in [0.15, 0.2) is 11.6 Å². The summed E-state index contributed by atoms with van der Waals surface area (Å²) in [5, 5.41) is 12.3. The molecule has 0 saturated carbocycles. The summed E-state index contributed by atoms with van der Waals surface area (Å²) in [6.07, 6.45) is 1.23. The number of hydrogen-bond donors (Lipinski definition) is 2. The van der Waals surface area contributed by atoms with Crippen LogP contribution in [0.4, 0.5) is 10.1 Å². The van der Waals surface area contributed by atoms with Crippen LogP contribution in [0.25, 0.3) is 10.9 Å². The highest BCUT2D eigenvalue weighted by atomic mass is 19.1. The molecule has 2 aromatic rings. The van der Waals surface area contributed by atoms with Gasteiger partial charge in [-0.15, -0.1) is 0 Å². The Morgan fingerprint density at radius 3 is 2.62 bits per heavy atom. The number of carboxylic acids is 1. The zero-order valence-corrected chi connectivity index (χ0v) is 13.4. The molecule has 0 radical (unpaired) electrons. The average molecular weight is 335 g/mol. The van der Waals surface area contributed by atoms with Crippen LogP contribution >= 0.6 is 0 Å². The molecular formula is C16H18FN3O4. The molecular weight excluding hydrogens is 317 g/mol. The number of carboxylic acid groups (broad SMARTS) is 1. The van der Waals surface area contributed by atoms with Gasteiger partial charge in [0.1, 0.15) is 11.3 Å². The Morgan fingerprint density at radius 2 is 2.04 bits per heavy atom. The summed E-state index contributed by atoms with van der Waals surface area (Å²) in [6, 6.07) is 1.10. The zero-order valence-electron chi connectivity index (χ0n) is 13.4. The quantitative estimate of drug-likeness (QED) is 0.863. The highest BCUT2D eigenvalue weighted by Crippen LogP contribution is 2.37. The fraction of sp³-hybridized carbons (Fsp3) is 0.375. The predicted octanol–water partition coefficient (Wildman–Crippen LogP) is 0.794. The third-order valence-electron chi connectivity index (χ3n) is 4.22. The lowest BCUT2D eigenvalue weighted by molar-refractivity contribution is 0.0695. The Morgan fingerprint density at radius 1 is 1.38 bits per heavy atom. The molecule has 7 nitrogen and oxygen atoms in total. The number of aromatic nitrogens is 1. The second-order valence-electron chi connectivity index (χ2n) is 5.66. The number of carbonyl (C=O) groups is 1. The van der Waals surface area contributed by atoms with Crippen molar-refractivity contribution in [2.75, 3.05) is 38.2 Å². The maximum absolute atomic E-state index is 14.8. The monoisotopic (exact) mass is 335 g/mol. The largest absolute Gasteiger partial charge is 0.492 e. The summed E-state index contributed by atoms with van der Waals surface area (Å²) in [7, 11) is 3.02. The van der Waals surface area contributed by atoms with Crippen LogP contribution in [0.2, 0.25) is 0 Å². The van der Waals surface area contributed by atoms with E-state index in [1.54, 1.807) is 7.05 Å². The number of benzene rings is 1. The average Bonchev–Trinajstić information content (AvgIpc) is 2.57. The molecule has 2 heterocycles. The van der Waals surface area contributed by atoms with Gasteiger partial charge in [0.2, 0.25) is 5.43 Å². The highest BCUT2D eigenvalue weighted by Gasteiger charge is 2.25. The molecule has 0 bridgehead atoms. The minimum atomic E-state index is -1.34. The Labute approximate surface area is 137 Å². The molecule has 8 heteroatoms. The Balaban J connectivity index is 2.35. The molecule has 0 amide bonds. The first kappa shape index (κ1) is 16.3. The van der Waals surface area contributed by atoms with Gasteiger partial charge >= 0.3 is 5.97 Å². The van der Waals surface area contributed by atoms with Crippen molar-refractivity contribution in [2.24, 2.45) is 7.05 Å². The topological polar surface area (TPSA) is 83.8 Å². The Hall–Kier alpha value is -2.61. The minimum Gasteiger partial charge on any atom is -0.492 e. The molecule has 24 heavy (non-hydrogen) atoms. The summed E-state index contributed by atoms with van der Waals surface area (Å²) in [4.78, 5) is 25.5. The van der Waals surface area contributed by atoms with E-state index in [-0.39, 0.29) is 11.1 Å². The van der Waals surface area contributed by atoms with Crippen LogP contribution in [-0.4, -0.2) is 48.9 Å². The molecule has 1 aliphatic heterocycles. The Kier molecular flexibility index (Phi) is 4.15. The van der Waals surface area contributed by atoms with E-state index in [1.807, 2.05) is 4.90 Å². The van der Waals surface area contributed by atoms with Gasteiger partial charge in [0.25, 0.3) is 0 Å². The normalized spacial score (nSPS) is 14.9. The first-order chi connectivity index (χ1) is 11.5. The van der Waals surface area contributed by atoms with Crippen molar-refractivity contribution >= 4 is 22.6 Å². The summed E-state index contributed by atoms with van der Waals surface area (Å²) in [5.41, 5.74) is -0.451. The van der Waals surface area contributed by atoms with Gasteiger partial charge in [0.05, 0.1) is 18.0 Å². The first-order valence-electron chi connectivity index (χ1n) is 7.54. The SMILES string of the molecule is COc1c(N2CCNCC2)c(F)cc2c(=O)c(C(=O)O)cn(C)c12. The van der Waals surface area contributed by atoms with E-state index in [9.17, 15) is 14.0 Å². The smallest absolute Gasteiger partial charge is 0.341 e. The van der Waals surface area contributed by atoms with Crippen LogP contribution in [0.3, 0.4) is 0 Å². The summed E-state index contributed by atoms with van der Waals surface area (Å²) in [6.45, 7) is 2.66. The molecule has 1 aromatic heterocycles. The number of hydrogen-bond acceptors (Lipinski definition) is 5. The van der Waals surface area contributed by atoms with E-state index in [4.69, 9.17) is 9.84 Å². The van der Waals surface area contributed by atoms with Crippen LogP contribution < -0.4 is 20.4 Å². The number of rotatable bonds is 3. The fourth-order valence-electron chi connectivity index (χ4n) is 3.12. The molecule has 1 aliphatic rings. The maximum Gasteiger partial charge on any atom is 0.341 e. The van der Waals surface area contributed by atoms with Crippen LogP contribution in [0.1, 0.15) is 10.4 Å². The molecule has 1 aromatic carbocycles. The number of aromatic carboxylic acids is 1. The molecule has 128 valence electrons. The van der Waals surface area contributed by atoms with Crippen LogP contribution in [-0.2, 0) is 7.05 Å². The number of aryl methyl sites for hydroxylation is 1. The number of pyridine rings is 1. The summed E-state index contributed by atoms with van der Waals surface area (Å²) in [5.74, 6) is -1.70. The lowest BCUT2D eigenvalue weighted by Gasteiger charge is -2.31.